The summed E-state index contributed by atoms with van der Waals surface area (Å²) in [5.41, 5.74) is 29.6. The van der Waals surface area contributed by atoms with Crippen LogP contribution in [0.1, 0.15) is 125 Å². The van der Waals surface area contributed by atoms with Crippen LogP contribution in [0.5, 0.6) is 23.0 Å². The zero-order chi connectivity index (χ0) is 63.1. The number of amides is 8. The summed E-state index contributed by atoms with van der Waals surface area (Å²) in [7, 11) is 5.39. The molecule has 27 nitrogen and oxygen atoms in total. The van der Waals surface area contributed by atoms with Gasteiger partial charge in [-0.25, -0.2) is 0 Å². The van der Waals surface area contributed by atoms with Gasteiger partial charge in [-0.3, -0.25) is 43.2 Å². The number of ether oxygens (including phenoxy) is 4. The van der Waals surface area contributed by atoms with Crippen LogP contribution in [-0.4, -0.2) is 144 Å². The molecule has 0 saturated heterocycles. The molecule has 27 heteroatoms. The van der Waals surface area contributed by atoms with Crippen LogP contribution in [0.4, 0.5) is 22.7 Å². The van der Waals surface area contributed by atoms with Crippen molar-refractivity contribution in [2.75, 3.05) is 82.4 Å². The standard InChI is InChI=1S/C59H83N13O14/c1-83-47-21-18-36(31-39(47)52(75)65-30-25-51(73)74)67-57(80)44(14-6-10-27-61)71-54(77)41-33-38(20-23-49(41)85-3)69-59(82)46(16-8-12-29-63)72-55(78)42-34-37(19-24-50(42)86-4)68-58(81)45(15-7-11-28-62)70-53(76)40-32-35(17-22-48(40)84-2)66-56(79)43(64)13-5-9-26-60/h17-24,31-34,43-46H,5-16,25-30,60-64H2,1-4H3,(H,65,75)(H,66,79)(H,67,80)(H,68,81)(H,69,82)(H,70,76)(H,71,77)(H,72,78)(H,73,74)/t43-,44-,45-,46-/m0/s1. The molecule has 0 spiro atoms. The van der Waals surface area contributed by atoms with Crippen molar-refractivity contribution in [3.05, 3.63) is 95.1 Å². The third kappa shape index (κ3) is 21.9. The molecular formula is C59H83N13O14. The fourth-order valence-electron chi connectivity index (χ4n) is 8.79. The Labute approximate surface area is 499 Å². The molecule has 0 aromatic heterocycles. The normalized spacial score (nSPS) is 12.2. The van der Waals surface area contributed by atoms with E-state index in [1.807, 2.05) is 0 Å². The molecule has 4 rings (SSSR count). The Morgan fingerprint density at radius 3 is 0.965 bits per heavy atom. The summed E-state index contributed by atoms with van der Waals surface area (Å²) < 4.78 is 21.8. The Balaban J connectivity index is 1.55. The lowest BCUT2D eigenvalue weighted by Gasteiger charge is -2.22. The number of carbonyl (C=O) groups is 9. The summed E-state index contributed by atoms with van der Waals surface area (Å²) in [6.07, 6.45) is 4.75. The molecule has 0 aliphatic rings. The van der Waals surface area contributed by atoms with Gasteiger partial charge in [0.05, 0.1) is 63.2 Å². The van der Waals surface area contributed by atoms with Crippen LogP contribution < -0.4 is 90.2 Å². The second-order valence-electron chi connectivity index (χ2n) is 19.8. The van der Waals surface area contributed by atoms with Crippen molar-refractivity contribution in [2.45, 2.75) is 108 Å². The number of nitrogens with one attached hydrogen (secondary N) is 8. The molecular weight excluding hydrogens is 1110 g/mol. The Morgan fingerprint density at radius 1 is 0.407 bits per heavy atom. The number of carboxylic acids is 1. The first-order valence-corrected chi connectivity index (χ1v) is 28.3. The zero-order valence-corrected chi connectivity index (χ0v) is 49.1. The highest BCUT2D eigenvalue weighted by atomic mass is 16.5. The van der Waals surface area contributed by atoms with Crippen LogP contribution in [0.2, 0.25) is 0 Å². The molecule has 0 saturated carbocycles. The van der Waals surface area contributed by atoms with Crippen LogP contribution in [0.3, 0.4) is 0 Å². The highest BCUT2D eigenvalue weighted by Gasteiger charge is 2.29. The number of hydrogen-bond donors (Lipinski definition) is 14. The maximum Gasteiger partial charge on any atom is 0.305 e. The van der Waals surface area contributed by atoms with E-state index >= 15 is 0 Å². The summed E-state index contributed by atoms with van der Waals surface area (Å²) in [6, 6.07) is 13.0. The Hall–Kier alpha value is -8.89. The monoisotopic (exact) mass is 1200 g/mol. The van der Waals surface area contributed by atoms with Gasteiger partial charge in [-0.05, 0) is 170 Å². The second kappa shape index (κ2) is 36.7. The quantitative estimate of drug-likeness (QED) is 0.0287. The van der Waals surface area contributed by atoms with Gasteiger partial charge in [0.1, 0.15) is 41.1 Å². The molecule has 0 aliphatic heterocycles. The van der Waals surface area contributed by atoms with Gasteiger partial charge >= 0.3 is 5.97 Å². The van der Waals surface area contributed by atoms with Gasteiger partial charge in [0.2, 0.25) is 23.6 Å². The molecule has 4 atom stereocenters. The third-order valence-corrected chi connectivity index (χ3v) is 13.5. The Kier molecular flexibility index (Phi) is 29.7. The van der Waals surface area contributed by atoms with Crippen molar-refractivity contribution in [3.8, 4) is 23.0 Å². The van der Waals surface area contributed by atoms with E-state index in [9.17, 15) is 43.2 Å². The Morgan fingerprint density at radius 2 is 0.686 bits per heavy atom. The van der Waals surface area contributed by atoms with Gasteiger partial charge < -0.3 is 95.3 Å². The summed E-state index contributed by atoms with van der Waals surface area (Å²) in [5.74, 6) is -5.84. The number of rotatable bonds is 38. The average Bonchev–Trinajstić information content (AvgIpc) is 3.56. The van der Waals surface area contributed by atoms with Crippen molar-refractivity contribution < 1.29 is 67.2 Å². The molecule has 468 valence electrons. The molecule has 8 amide bonds. The van der Waals surface area contributed by atoms with E-state index in [2.05, 4.69) is 42.5 Å². The number of carboxylic acid groups (broad SMARTS) is 1. The molecule has 86 heavy (non-hydrogen) atoms. The predicted molar refractivity (Wildman–Crippen MR) is 324 cm³/mol. The van der Waals surface area contributed by atoms with Gasteiger partial charge in [0, 0.05) is 29.3 Å². The molecule has 4 aromatic rings. The summed E-state index contributed by atoms with van der Waals surface area (Å²) in [4.78, 5) is 121. The number of benzene rings is 4. The van der Waals surface area contributed by atoms with Crippen molar-refractivity contribution >= 4 is 76.0 Å². The molecule has 19 N–H and O–H groups in total. The number of unbranched alkanes of at least 4 members (excludes halogenated alkanes) is 4. The predicted octanol–water partition coefficient (Wildman–Crippen LogP) is 2.92. The number of nitrogens with two attached hydrogens (primary N) is 5. The van der Waals surface area contributed by atoms with Crippen LogP contribution in [0.15, 0.2) is 72.8 Å². The molecule has 4 aromatic carbocycles. The van der Waals surface area contributed by atoms with Gasteiger partial charge in [0.15, 0.2) is 0 Å². The van der Waals surface area contributed by atoms with Crippen LogP contribution in [-0.2, 0) is 24.0 Å². The lowest BCUT2D eigenvalue weighted by molar-refractivity contribution is -0.137. The maximum absolute atomic E-state index is 14.3. The highest BCUT2D eigenvalue weighted by Crippen LogP contribution is 2.28. The molecule has 0 unspecified atom stereocenters. The minimum atomic E-state index is -1.19. The second-order valence-corrected chi connectivity index (χ2v) is 19.8. The molecule has 0 heterocycles. The van der Waals surface area contributed by atoms with Gasteiger partial charge in [-0.15, -0.1) is 0 Å². The molecule has 0 radical (unpaired) electrons. The number of methoxy groups -OCH3 is 4. The molecule has 0 fully saturated rings. The fourth-order valence-corrected chi connectivity index (χ4v) is 8.79. The van der Waals surface area contributed by atoms with Gasteiger partial charge in [-0.1, -0.05) is 6.42 Å². The van der Waals surface area contributed by atoms with Crippen molar-refractivity contribution in [3.63, 3.8) is 0 Å². The largest absolute Gasteiger partial charge is 0.496 e. The van der Waals surface area contributed by atoms with E-state index in [0.29, 0.717) is 84.0 Å². The number of hydrogen-bond acceptors (Lipinski definition) is 18. The maximum atomic E-state index is 14.3. The van der Waals surface area contributed by atoms with Crippen LogP contribution >= 0.6 is 0 Å². The van der Waals surface area contributed by atoms with Crippen molar-refractivity contribution in [1.29, 1.82) is 0 Å². The number of carbonyl (C=O) groups excluding carboxylic acids is 8. The molecule has 0 bridgehead atoms. The fraction of sp³-hybridized carbons (Fsp3) is 0.441. The first-order chi connectivity index (χ1) is 41.3. The SMILES string of the molecule is COc1ccc(NC(=O)[C@H](CCCCN)NC(=O)c2cc(NC(=O)[C@H](CCCCN)NC(=O)c3cc(NC(=O)[C@H](CCCCN)NC(=O)c4cc(NC(=O)[C@@H](N)CCCCN)ccc4OC)ccc3OC)ccc2OC)cc1C(=O)NCCC(=O)O. The van der Waals surface area contributed by atoms with E-state index in [1.165, 1.54) is 95.2 Å². The van der Waals surface area contributed by atoms with Gasteiger partial charge in [-0.2, -0.15) is 0 Å². The number of anilines is 4. The van der Waals surface area contributed by atoms with Crippen molar-refractivity contribution in [1.82, 2.24) is 21.3 Å². The number of aliphatic carboxylic acids is 1. The highest BCUT2D eigenvalue weighted by molar-refractivity contribution is 6.07. The topological polar surface area (TPSA) is 437 Å². The lowest BCUT2D eigenvalue weighted by Crippen LogP contribution is -2.44. The minimum Gasteiger partial charge on any atom is -0.496 e. The first kappa shape index (κ1) is 69.6. The minimum absolute atomic E-state index is 0.0209. The van der Waals surface area contributed by atoms with E-state index in [0.717, 1.165) is 0 Å². The summed E-state index contributed by atoms with van der Waals surface area (Å²) in [5, 5.41) is 30.8. The average molecular weight is 1200 g/mol. The van der Waals surface area contributed by atoms with Crippen molar-refractivity contribution in [2.24, 2.45) is 28.7 Å². The Bertz CT molecular complexity index is 2960. The van der Waals surface area contributed by atoms with E-state index < -0.39 is 77.4 Å². The van der Waals surface area contributed by atoms with E-state index in [-0.39, 0.29) is 100 Å². The zero-order valence-electron chi connectivity index (χ0n) is 49.1. The summed E-state index contributed by atoms with van der Waals surface area (Å²) >= 11 is 0. The van der Waals surface area contributed by atoms with E-state index in [1.54, 1.807) is 6.07 Å². The molecule has 0 aliphatic carbocycles. The summed E-state index contributed by atoms with van der Waals surface area (Å²) in [6.45, 7) is 1.25. The van der Waals surface area contributed by atoms with Gasteiger partial charge in [0.25, 0.3) is 23.6 Å². The van der Waals surface area contributed by atoms with Crippen LogP contribution in [0, 0.1) is 0 Å². The smallest absolute Gasteiger partial charge is 0.305 e. The lowest BCUT2D eigenvalue weighted by atomic mass is 10.1. The third-order valence-electron chi connectivity index (χ3n) is 13.5. The first-order valence-electron chi connectivity index (χ1n) is 28.3. The van der Waals surface area contributed by atoms with Crippen LogP contribution in [0.25, 0.3) is 0 Å². The van der Waals surface area contributed by atoms with E-state index in [4.69, 9.17) is 52.7 Å².